The van der Waals surface area contributed by atoms with E-state index >= 15 is 0 Å². The van der Waals surface area contributed by atoms with Crippen LogP contribution >= 0.6 is 0 Å². The van der Waals surface area contributed by atoms with Gasteiger partial charge in [0.1, 0.15) is 11.6 Å². The third kappa shape index (κ3) is 3.44. The van der Waals surface area contributed by atoms with Crippen LogP contribution in [0.1, 0.15) is 19.8 Å². The zero-order valence-electron chi connectivity index (χ0n) is 9.28. The Hall–Kier alpha value is -0.650. The molecule has 1 unspecified atom stereocenters. The molecule has 0 saturated carbocycles. The number of rotatable bonds is 7. The Kier molecular flexibility index (Phi) is 4.50. The number of hydrogen-bond acceptors (Lipinski definition) is 4. The van der Waals surface area contributed by atoms with Gasteiger partial charge in [-0.05, 0) is 26.8 Å². The molecule has 15 heavy (non-hydrogen) atoms. The summed E-state index contributed by atoms with van der Waals surface area (Å²) in [6.07, 6.45) is 1.52. The Morgan fingerprint density at radius 3 is 2.73 bits per heavy atom. The van der Waals surface area contributed by atoms with Crippen LogP contribution in [0.2, 0.25) is 0 Å². The summed E-state index contributed by atoms with van der Waals surface area (Å²) in [5.41, 5.74) is -0.848. The van der Waals surface area contributed by atoms with Gasteiger partial charge in [0.15, 0.2) is 0 Å². The smallest absolute Gasteiger partial charge is 0.323 e. The van der Waals surface area contributed by atoms with Crippen molar-refractivity contribution < 1.29 is 19.4 Å². The number of carboxylic acid groups (broad SMARTS) is 1. The maximum atomic E-state index is 10.9. The van der Waals surface area contributed by atoms with Crippen LogP contribution in [0.15, 0.2) is 0 Å². The van der Waals surface area contributed by atoms with Gasteiger partial charge < -0.3 is 19.9 Å². The molecule has 1 aliphatic heterocycles. The van der Waals surface area contributed by atoms with E-state index in [2.05, 4.69) is 5.32 Å². The summed E-state index contributed by atoms with van der Waals surface area (Å²) in [6.45, 7) is 3.62. The minimum atomic E-state index is -0.848. The molecule has 5 nitrogen and oxygen atoms in total. The SMILES string of the molecule is CNC(C)(CCCOC1COC1)C(=O)O. The average molecular weight is 217 g/mol. The van der Waals surface area contributed by atoms with E-state index in [1.165, 1.54) is 0 Å². The van der Waals surface area contributed by atoms with Crippen LogP contribution in [0.25, 0.3) is 0 Å². The van der Waals surface area contributed by atoms with Crippen LogP contribution in [0.4, 0.5) is 0 Å². The lowest BCUT2D eigenvalue weighted by Crippen LogP contribution is -2.47. The van der Waals surface area contributed by atoms with Gasteiger partial charge in [0.25, 0.3) is 0 Å². The van der Waals surface area contributed by atoms with Crippen molar-refractivity contribution in [1.29, 1.82) is 0 Å². The van der Waals surface area contributed by atoms with E-state index in [9.17, 15) is 4.79 Å². The lowest BCUT2D eigenvalue weighted by Gasteiger charge is -2.27. The van der Waals surface area contributed by atoms with Crippen LogP contribution in [-0.2, 0) is 14.3 Å². The van der Waals surface area contributed by atoms with Crippen LogP contribution in [-0.4, -0.2) is 49.6 Å². The van der Waals surface area contributed by atoms with E-state index in [0.717, 1.165) is 6.42 Å². The Morgan fingerprint density at radius 1 is 1.67 bits per heavy atom. The van der Waals surface area contributed by atoms with E-state index in [-0.39, 0.29) is 6.10 Å². The van der Waals surface area contributed by atoms with Crippen molar-refractivity contribution >= 4 is 5.97 Å². The maximum Gasteiger partial charge on any atom is 0.323 e. The Bertz CT molecular complexity index is 217. The lowest BCUT2D eigenvalue weighted by molar-refractivity contribution is -0.145. The first kappa shape index (κ1) is 12.4. The number of aliphatic carboxylic acids is 1. The van der Waals surface area contributed by atoms with Crippen LogP contribution in [0.3, 0.4) is 0 Å². The molecule has 1 heterocycles. The van der Waals surface area contributed by atoms with Crippen LogP contribution < -0.4 is 5.32 Å². The molecular weight excluding hydrogens is 198 g/mol. The van der Waals surface area contributed by atoms with Crippen LogP contribution in [0.5, 0.6) is 0 Å². The van der Waals surface area contributed by atoms with Gasteiger partial charge in [-0.1, -0.05) is 0 Å². The predicted molar refractivity (Wildman–Crippen MR) is 54.9 cm³/mol. The number of carbonyl (C=O) groups is 1. The zero-order chi connectivity index (χ0) is 11.3. The predicted octanol–water partition coefficient (Wildman–Crippen LogP) is 0.245. The normalized spacial score (nSPS) is 20.7. The molecule has 1 saturated heterocycles. The number of carboxylic acids is 1. The largest absolute Gasteiger partial charge is 0.480 e. The van der Waals surface area contributed by atoms with Crippen molar-refractivity contribution in [1.82, 2.24) is 5.32 Å². The molecule has 0 bridgehead atoms. The standard InChI is InChI=1S/C10H19NO4/c1-10(11-2,9(12)13)4-3-5-15-8-6-14-7-8/h8,11H,3-7H2,1-2H3,(H,12,13). The van der Waals surface area contributed by atoms with Crippen molar-refractivity contribution in [3.8, 4) is 0 Å². The Labute approximate surface area is 89.8 Å². The summed E-state index contributed by atoms with van der Waals surface area (Å²) < 4.78 is 10.4. The molecule has 5 heteroatoms. The lowest BCUT2D eigenvalue weighted by atomic mass is 9.96. The number of nitrogens with one attached hydrogen (secondary N) is 1. The van der Waals surface area contributed by atoms with E-state index < -0.39 is 11.5 Å². The topological polar surface area (TPSA) is 67.8 Å². The summed E-state index contributed by atoms with van der Waals surface area (Å²) in [7, 11) is 1.66. The van der Waals surface area contributed by atoms with Crippen molar-refractivity contribution in [3.63, 3.8) is 0 Å². The molecule has 0 aromatic heterocycles. The third-order valence-electron chi connectivity index (χ3n) is 2.81. The molecule has 2 N–H and O–H groups in total. The Balaban J connectivity index is 2.13. The average Bonchev–Trinajstić information content (AvgIpc) is 2.14. The second-order valence-electron chi connectivity index (χ2n) is 4.02. The maximum absolute atomic E-state index is 10.9. The molecule has 0 aromatic rings. The first-order valence-corrected chi connectivity index (χ1v) is 5.20. The third-order valence-corrected chi connectivity index (χ3v) is 2.81. The Morgan fingerprint density at radius 2 is 2.33 bits per heavy atom. The van der Waals surface area contributed by atoms with Crippen molar-refractivity contribution in [2.75, 3.05) is 26.9 Å². The summed E-state index contributed by atoms with van der Waals surface area (Å²) in [6, 6.07) is 0. The summed E-state index contributed by atoms with van der Waals surface area (Å²) in [5.74, 6) is -0.822. The van der Waals surface area contributed by atoms with Gasteiger partial charge in [-0.25, -0.2) is 0 Å². The van der Waals surface area contributed by atoms with Gasteiger partial charge in [0.05, 0.1) is 13.2 Å². The highest BCUT2D eigenvalue weighted by Crippen LogP contribution is 2.13. The van der Waals surface area contributed by atoms with Gasteiger partial charge >= 0.3 is 5.97 Å². The monoisotopic (exact) mass is 217 g/mol. The van der Waals surface area contributed by atoms with Crippen molar-refractivity contribution in [3.05, 3.63) is 0 Å². The van der Waals surface area contributed by atoms with E-state index in [4.69, 9.17) is 14.6 Å². The van der Waals surface area contributed by atoms with Gasteiger partial charge in [-0.3, -0.25) is 4.79 Å². The summed E-state index contributed by atoms with van der Waals surface area (Å²) in [4.78, 5) is 10.9. The molecule has 88 valence electrons. The van der Waals surface area contributed by atoms with Crippen molar-refractivity contribution in [2.24, 2.45) is 0 Å². The first-order valence-electron chi connectivity index (χ1n) is 5.20. The summed E-state index contributed by atoms with van der Waals surface area (Å²) >= 11 is 0. The van der Waals surface area contributed by atoms with Gasteiger partial charge in [-0.2, -0.15) is 0 Å². The van der Waals surface area contributed by atoms with Gasteiger partial charge in [0.2, 0.25) is 0 Å². The number of hydrogen-bond donors (Lipinski definition) is 2. The molecule has 0 aliphatic carbocycles. The second-order valence-corrected chi connectivity index (χ2v) is 4.02. The molecular formula is C10H19NO4. The molecule has 0 radical (unpaired) electrons. The fourth-order valence-corrected chi connectivity index (χ4v) is 1.32. The van der Waals surface area contributed by atoms with Crippen molar-refractivity contribution in [2.45, 2.75) is 31.4 Å². The summed E-state index contributed by atoms with van der Waals surface area (Å²) in [5, 5.41) is 11.8. The van der Waals surface area contributed by atoms with Gasteiger partial charge in [0, 0.05) is 6.61 Å². The molecule has 1 fully saturated rings. The quantitative estimate of drug-likeness (QED) is 0.598. The zero-order valence-corrected chi connectivity index (χ0v) is 9.28. The minimum Gasteiger partial charge on any atom is -0.480 e. The molecule has 0 amide bonds. The first-order chi connectivity index (χ1) is 7.08. The highest BCUT2D eigenvalue weighted by atomic mass is 16.6. The minimum absolute atomic E-state index is 0.218. The highest BCUT2D eigenvalue weighted by Gasteiger charge is 2.30. The molecule has 1 atom stereocenters. The van der Waals surface area contributed by atoms with Crippen LogP contribution in [0, 0.1) is 0 Å². The molecule has 0 aromatic carbocycles. The molecule has 0 spiro atoms. The van der Waals surface area contributed by atoms with E-state index in [0.29, 0.717) is 26.2 Å². The molecule has 1 rings (SSSR count). The highest BCUT2D eigenvalue weighted by molar-refractivity contribution is 5.78. The van der Waals surface area contributed by atoms with Gasteiger partial charge in [-0.15, -0.1) is 0 Å². The fourth-order valence-electron chi connectivity index (χ4n) is 1.32. The van der Waals surface area contributed by atoms with E-state index in [1.807, 2.05) is 0 Å². The number of ether oxygens (including phenoxy) is 2. The fraction of sp³-hybridized carbons (Fsp3) is 0.900. The second kappa shape index (κ2) is 5.44. The number of likely N-dealkylation sites (N-methyl/N-ethyl adjacent to an activating group) is 1. The van der Waals surface area contributed by atoms with E-state index in [1.54, 1.807) is 14.0 Å². The molecule has 1 aliphatic rings.